The number of hydrogen-bond donors (Lipinski definition) is 2. The predicted molar refractivity (Wildman–Crippen MR) is 105 cm³/mol. The van der Waals surface area contributed by atoms with Crippen molar-refractivity contribution in [1.82, 2.24) is 10.3 Å². The number of amides is 2. The monoisotopic (exact) mass is 411 g/mol. The second-order valence-electron chi connectivity index (χ2n) is 6.45. The molecule has 0 atom stereocenters. The van der Waals surface area contributed by atoms with Gasteiger partial charge in [-0.05, 0) is 49.8 Å². The molecule has 5 nitrogen and oxygen atoms in total. The molecular formula is C18H19Cl2N3O2S. The lowest BCUT2D eigenvalue weighted by atomic mass is 9.72. The molecule has 26 heavy (non-hydrogen) atoms. The first-order valence-electron chi connectivity index (χ1n) is 8.42. The van der Waals surface area contributed by atoms with Crippen molar-refractivity contribution < 1.29 is 9.59 Å². The number of carbonyl (C=O) groups excluding carboxylic acids is 2. The minimum Gasteiger partial charge on any atom is -0.342 e. The first-order valence-corrected chi connectivity index (χ1v) is 10.1. The molecule has 0 saturated heterocycles. The number of aryl methyl sites for hydroxylation is 1. The quantitative estimate of drug-likeness (QED) is 0.722. The summed E-state index contributed by atoms with van der Waals surface area (Å²) in [5.74, 6) is -1.35. The molecule has 0 bridgehead atoms. The van der Waals surface area contributed by atoms with Crippen LogP contribution in [0.4, 0.5) is 5.13 Å². The van der Waals surface area contributed by atoms with E-state index in [0.717, 1.165) is 36.9 Å². The number of anilines is 1. The van der Waals surface area contributed by atoms with Gasteiger partial charge in [-0.1, -0.05) is 36.2 Å². The molecule has 3 rings (SSSR count). The van der Waals surface area contributed by atoms with Crippen molar-refractivity contribution in [3.8, 4) is 0 Å². The third-order valence-corrected chi connectivity index (χ3v) is 5.97. The molecule has 2 aromatic rings. The van der Waals surface area contributed by atoms with Gasteiger partial charge in [-0.3, -0.25) is 14.9 Å². The molecule has 0 aliphatic heterocycles. The van der Waals surface area contributed by atoms with Crippen LogP contribution < -0.4 is 10.6 Å². The average molecular weight is 412 g/mol. The van der Waals surface area contributed by atoms with Gasteiger partial charge in [0.1, 0.15) is 0 Å². The maximum Gasteiger partial charge on any atom is 0.315 e. The van der Waals surface area contributed by atoms with Crippen LogP contribution in [0.2, 0.25) is 10.0 Å². The summed E-state index contributed by atoms with van der Waals surface area (Å²) in [5.41, 5.74) is 1.35. The van der Waals surface area contributed by atoms with Crippen molar-refractivity contribution in [2.45, 2.75) is 44.6 Å². The van der Waals surface area contributed by atoms with Crippen molar-refractivity contribution >= 4 is 51.5 Å². The molecule has 138 valence electrons. The maximum absolute atomic E-state index is 12.4. The number of benzene rings is 1. The summed E-state index contributed by atoms with van der Waals surface area (Å²) < 4.78 is 0. The lowest BCUT2D eigenvalue weighted by Gasteiger charge is -2.42. The smallest absolute Gasteiger partial charge is 0.315 e. The van der Waals surface area contributed by atoms with Gasteiger partial charge in [0.2, 0.25) is 0 Å². The molecule has 1 aliphatic rings. The summed E-state index contributed by atoms with van der Waals surface area (Å²) in [6.07, 6.45) is 3.96. The Morgan fingerprint density at radius 1 is 1.27 bits per heavy atom. The summed E-state index contributed by atoms with van der Waals surface area (Å²) in [6.45, 7) is 1.98. The molecule has 1 heterocycles. The molecule has 0 radical (unpaired) electrons. The van der Waals surface area contributed by atoms with Crippen LogP contribution in [0.1, 0.15) is 37.4 Å². The van der Waals surface area contributed by atoms with E-state index in [9.17, 15) is 9.59 Å². The number of nitrogens with one attached hydrogen (secondary N) is 2. The maximum atomic E-state index is 12.4. The fourth-order valence-electron chi connectivity index (χ4n) is 2.96. The molecular weight excluding hydrogens is 393 g/mol. The molecule has 1 aromatic heterocycles. The van der Waals surface area contributed by atoms with E-state index in [2.05, 4.69) is 15.6 Å². The minimum absolute atomic E-state index is 0.436. The van der Waals surface area contributed by atoms with Crippen LogP contribution in [0.15, 0.2) is 23.6 Å². The summed E-state index contributed by atoms with van der Waals surface area (Å²) in [4.78, 5) is 28.8. The molecule has 1 saturated carbocycles. The molecule has 0 spiro atoms. The number of aromatic nitrogens is 1. The Morgan fingerprint density at radius 3 is 2.62 bits per heavy atom. The van der Waals surface area contributed by atoms with E-state index in [4.69, 9.17) is 23.2 Å². The molecule has 8 heteroatoms. The lowest BCUT2D eigenvalue weighted by Crippen LogP contribution is -2.57. The molecule has 1 aliphatic carbocycles. The van der Waals surface area contributed by atoms with Gasteiger partial charge in [0, 0.05) is 21.0 Å². The van der Waals surface area contributed by atoms with Crippen molar-refractivity contribution in [1.29, 1.82) is 0 Å². The lowest BCUT2D eigenvalue weighted by molar-refractivity contribution is -0.138. The predicted octanol–water partition coefficient (Wildman–Crippen LogP) is 4.23. The Bertz CT molecular complexity index is 834. The second kappa shape index (κ2) is 7.94. The fraction of sp³-hybridized carbons (Fsp3) is 0.389. The van der Waals surface area contributed by atoms with Gasteiger partial charge in [-0.2, -0.15) is 0 Å². The topological polar surface area (TPSA) is 71.1 Å². The second-order valence-corrected chi connectivity index (χ2v) is 8.15. The third kappa shape index (κ3) is 4.37. The van der Waals surface area contributed by atoms with Crippen LogP contribution in [0.3, 0.4) is 0 Å². The van der Waals surface area contributed by atoms with Gasteiger partial charge in [-0.15, -0.1) is 11.3 Å². The van der Waals surface area contributed by atoms with Crippen LogP contribution in [0, 0.1) is 0 Å². The SMILES string of the molecule is CCc1csc(NC(=O)C(=O)NC2(Cc3ccc(Cl)cc3Cl)CCC2)n1. The van der Waals surface area contributed by atoms with Crippen LogP contribution >= 0.6 is 34.5 Å². The molecule has 1 fully saturated rings. The first kappa shape index (κ1) is 19.1. The van der Waals surface area contributed by atoms with E-state index in [1.54, 1.807) is 12.1 Å². The fourth-order valence-corrected chi connectivity index (χ4v) is 4.22. The van der Waals surface area contributed by atoms with E-state index >= 15 is 0 Å². The van der Waals surface area contributed by atoms with Crippen LogP contribution in [-0.4, -0.2) is 22.3 Å². The highest BCUT2D eigenvalue weighted by atomic mass is 35.5. The number of thiazole rings is 1. The van der Waals surface area contributed by atoms with Crippen LogP contribution in [0.25, 0.3) is 0 Å². The van der Waals surface area contributed by atoms with E-state index < -0.39 is 17.4 Å². The zero-order chi connectivity index (χ0) is 18.7. The van der Waals surface area contributed by atoms with Gasteiger partial charge in [0.05, 0.1) is 5.69 Å². The van der Waals surface area contributed by atoms with Gasteiger partial charge in [-0.25, -0.2) is 4.98 Å². The molecule has 2 amide bonds. The Kier molecular flexibility index (Phi) is 5.85. The number of nitrogens with zero attached hydrogens (tertiary/aromatic N) is 1. The normalized spacial score (nSPS) is 15.2. The highest BCUT2D eigenvalue weighted by Gasteiger charge is 2.40. The van der Waals surface area contributed by atoms with E-state index in [-0.39, 0.29) is 0 Å². The zero-order valence-corrected chi connectivity index (χ0v) is 16.6. The van der Waals surface area contributed by atoms with E-state index in [0.29, 0.717) is 21.6 Å². The van der Waals surface area contributed by atoms with Crippen LogP contribution in [-0.2, 0) is 22.4 Å². The number of hydrogen-bond acceptors (Lipinski definition) is 4. The highest BCUT2D eigenvalue weighted by molar-refractivity contribution is 7.14. The van der Waals surface area contributed by atoms with Gasteiger partial charge in [0.15, 0.2) is 5.13 Å². The first-order chi connectivity index (χ1) is 12.4. The van der Waals surface area contributed by atoms with Crippen molar-refractivity contribution in [2.24, 2.45) is 0 Å². The minimum atomic E-state index is -0.699. The standard InChI is InChI=1S/C18H19Cl2N3O2S/c1-2-13-10-26-17(21-13)22-15(24)16(25)23-18(6-3-7-18)9-11-4-5-12(19)8-14(11)20/h4-5,8,10H,2-3,6-7,9H2,1H3,(H,23,25)(H,21,22,24). The Morgan fingerprint density at radius 2 is 2.04 bits per heavy atom. The molecule has 1 aromatic carbocycles. The number of carbonyl (C=O) groups is 2. The van der Waals surface area contributed by atoms with Gasteiger partial charge in [0.25, 0.3) is 0 Å². The highest BCUT2D eigenvalue weighted by Crippen LogP contribution is 2.37. The Labute approximate surface area is 166 Å². The number of rotatable bonds is 5. The Hall–Kier alpha value is -1.63. The average Bonchev–Trinajstić information content (AvgIpc) is 3.02. The summed E-state index contributed by atoms with van der Waals surface area (Å²) in [7, 11) is 0. The van der Waals surface area contributed by atoms with Crippen molar-refractivity contribution in [2.75, 3.05) is 5.32 Å². The Balaban J connectivity index is 1.64. The largest absolute Gasteiger partial charge is 0.342 e. The molecule has 2 N–H and O–H groups in total. The zero-order valence-electron chi connectivity index (χ0n) is 14.3. The van der Waals surface area contributed by atoms with Crippen molar-refractivity contribution in [3.05, 3.63) is 44.9 Å². The van der Waals surface area contributed by atoms with Gasteiger partial charge < -0.3 is 5.32 Å². The summed E-state index contributed by atoms with van der Waals surface area (Å²) in [5, 5.41) is 8.89. The van der Waals surface area contributed by atoms with E-state index in [1.165, 1.54) is 11.3 Å². The van der Waals surface area contributed by atoms with Crippen LogP contribution in [0.5, 0.6) is 0 Å². The molecule has 0 unspecified atom stereocenters. The number of halogens is 2. The summed E-state index contributed by atoms with van der Waals surface area (Å²) >= 11 is 13.5. The summed E-state index contributed by atoms with van der Waals surface area (Å²) in [6, 6.07) is 5.32. The van der Waals surface area contributed by atoms with Gasteiger partial charge >= 0.3 is 11.8 Å². The third-order valence-electron chi connectivity index (χ3n) is 4.57. The van der Waals surface area contributed by atoms with Crippen molar-refractivity contribution in [3.63, 3.8) is 0 Å². The van der Waals surface area contributed by atoms with E-state index in [1.807, 2.05) is 18.4 Å².